The van der Waals surface area contributed by atoms with E-state index in [1.807, 2.05) is 33.9 Å². The summed E-state index contributed by atoms with van der Waals surface area (Å²) in [6.45, 7) is 10.0. The van der Waals surface area contributed by atoms with E-state index in [2.05, 4.69) is 0 Å². The quantitative estimate of drug-likeness (QED) is 0.462. The second-order valence-corrected chi connectivity index (χ2v) is 0. The molecular formula is C6H16Ar2O7. The van der Waals surface area contributed by atoms with Gasteiger partial charge in [0.05, 0.1) is 0 Å². The molecule has 0 unspecified atom stereocenters. The summed E-state index contributed by atoms with van der Waals surface area (Å²) in [7, 11) is 0. The van der Waals surface area contributed by atoms with Gasteiger partial charge >= 0.3 is 0 Å². The summed E-state index contributed by atoms with van der Waals surface area (Å²) in [5, 5.41) is 12.0. The second-order valence-electron chi connectivity index (χ2n) is 0. The minimum Gasteiger partial charge on any atom is -0.307 e. The van der Waals surface area contributed by atoms with Crippen LogP contribution in [0.15, 0.2) is 0 Å². The first-order valence-electron chi connectivity index (χ1n) is 1.64. The van der Waals surface area contributed by atoms with Crippen molar-refractivity contribution in [3.63, 3.8) is 0 Å². The molecule has 9 heteroatoms. The minimum absolute atomic E-state index is 0. The smallest absolute Gasteiger partial charge is 0.106 e. The Bertz CT molecular complexity index is 33.1. The molecule has 0 aliphatic rings. The third-order valence-electron chi connectivity index (χ3n) is 0. The summed E-state index contributed by atoms with van der Waals surface area (Å²) in [5.41, 5.74) is 0. The Morgan fingerprint density at radius 3 is 0.467 bits per heavy atom. The van der Waals surface area contributed by atoms with Crippen LogP contribution in [0.4, 0.5) is 0 Å². The Kier molecular flexibility index (Phi) is 22500. The monoisotopic (exact) mass is 280 g/mol. The molecule has 0 aromatic rings. The Hall–Kier alpha value is 0.789. The molecule has 0 rings (SSSR count). The first kappa shape index (κ1) is 74.9. The first-order chi connectivity index (χ1) is 6.00. The zero-order valence-electron chi connectivity index (χ0n) is 7.18. The molecular weight excluding hydrogens is 264 g/mol. The molecule has 15 heavy (non-hydrogen) atoms. The van der Waals surface area contributed by atoms with E-state index in [1.165, 1.54) is 0 Å². The number of hydrogen-bond donors (Lipinski definition) is 2. The van der Waals surface area contributed by atoms with Crippen LogP contribution in [0.2, 0.25) is 0 Å². The fraction of sp³-hybridized carbons (Fsp3) is 0.167. The van der Waals surface area contributed by atoms with E-state index < -0.39 is 0 Å². The molecule has 0 aliphatic heterocycles. The third kappa shape index (κ3) is 3880. The van der Waals surface area contributed by atoms with Gasteiger partial charge in [-0.25, -0.2) is 0 Å². The summed E-state index contributed by atoms with van der Waals surface area (Å²) < 4.78 is 0. The number of hydrogen-bond acceptors (Lipinski definition) is 7. The van der Waals surface area contributed by atoms with Crippen LogP contribution in [-0.4, -0.2) is 44.5 Å². The van der Waals surface area contributed by atoms with E-state index >= 15 is 0 Å². The molecule has 0 amide bonds. The maximum Gasteiger partial charge on any atom is 0.106 e. The van der Waals surface area contributed by atoms with Crippen molar-refractivity contribution in [1.82, 2.24) is 0 Å². The van der Waals surface area contributed by atoms with Gasteiger partial charge in [0.25, 0.3) is 0 Å². The summed E-state index contributed by atoms with van der Waals surface area (Å²) in [6, 6.07) is 0. The zero-order valence-corrected chi connectivity index (χ0v) is 8.59. The molecule has 0 atom stereocenters. The van der Waals surface area contributed by atoms with Crippen LogP contribution in [0.5, 0.6) is 0 Å². The van der Waals surface area contributed by atoms with Crippen LogP contribution in [-0.2, 0) is 24.0 Å². The largest absolute Gasteiger partial charge is 0.307 e. The van der Waals surface area contributed by atoms with Crippen LogP contribution in [0, 0.1) is 75.5 Å². The van der Waals surface area contributed by atoms with Gasteiger partial charge in [-0.05, 0) is 0 Å². The van der Waals surface area contributed by atoms with Gasteiger partial charge in [-0.2, -0.15) is 0 Å². The molecule has 0 heterocycles. The molecule has 98 valence electrons. The number of carbonyl (C=O) groups is 5. The van der Waals surface area contributed by atoms with Crippen LogP contribution in [0.3, 0.4) is 0 Å². The maximum atomic E-state index is 8.00. The fourth-order valence-electron chi connectivity index (χ4n) is 0. The van der Waals surface area contributed by atoms with E-state index in [0.29, 0.717) is 0 Å². The van der Waals surface area contributed by atoms with E-state index in [0.717, 1.165) is 0 Å². The normalized spacial score (nSPS) is 1.73. The molecule has 0 bridgehead atoms. The van der Waals surface area contributed by atoms with Gasteiger partial charge in [0, 0.05) is 75.5 Å². The average Bonchev–Trinajstić information content (AvgIpc) is 2.33. The van der Waals surface area contributed by atoms with E-state index in [4.69, 9.17) is 34.5 Å². The van der Waals surface area contributed by atoms with Crippen LogP contribution in [0.1, 0.15) is 7.43 Å². The van der Waals surface area contributed by atoms with Crippen LogP contribution in [0.25, 0.3) is 0 Å². The topological polar surface area (TPSA) is 126 Å². The van der Waals surface area contributed by atoms with Gasteiger partial charge in [0.2, 0.25) is 0 Å². The van der Waals surface area contributed by atoms with Crippen LogP contribution >= 0.6 is 0 Å². The zero-order chi connectivity index (χ0) is 12.0. The minimum atomic E-state index is 0. The Morgan fingerprint density at radius 1 is 0.467 bits per heavy atom. The van der Waals surface area contributed by atoms with Gasteiger partial charge in [-0.3, -0.25) is 10.5 Å². The van der Waals surface area contributed by atoms with E-state index in [1.54, 1.807) is 0 Å². The van der Waals surface area contributed by atoms with Gasteiger partial charge in [0.15, 0.2) is 0 Å². The van der Waals surface area contributed by atoms with Gasteiger partial charge in [-0.15, -0.1) is 0 Å². The molecule has 0 spiro atoms. The Morgan fingerprint density at radius 2 is 0.467 bits per heavy atom. The van der Waals surface area contributed by atoms with Crippen molar-refractivity contribution < 1.29 is 110 Å². The van der Waals surface area contributed by atoms with Crippen molar-refractivity contribution in [3.05, 3.63) is 0 Å². The standard InChI is InChI=1S/5CH2O.CH4.2Ar.H2O2/c5*1-2;;;;1-2/h5*1H2;1H4;;;1-2H. The van der Waals surface area contributed by atoms with E-state index in [9.17, 15) is 0 Å². The summed E-state index contributed by atoms with van der Waals surface area (Å²) in [6.07, 6.45) is 0. The number of rotatable bonds is 0. The first-order valence-corrected chi connectivity index (χ1v) is 1.64. The molecule has 2 N–H and O–H groups in total. The summed E-state index contributed by atoms with van der Waals surface area (Å²) in [4.78, 5) is 40.0. The predicted octanol–water partition coefficient (Wildman–Crippen LogP) is -0.271. The summed E-state index contributed by atoms with van der Waals surface area (Å²) >= 11 is 0. The molecule has 0 fully saturated rings. The molecule has 0 saturated carbocycles. The average molecular weight is 280 g/mol. The SMILES string of the molecule is C.C=O.C=O.C=O.C=O.C=O.OO.[Ar].[Ar]. The van der Waals surface area contributed by atoms with Crippen molar-refractivity contribution in [2.45, 2.75) is 7.43 Å². The van der Waals surface area contributed by atoms with Crippen molar-refractivity contribution in [2.24, 2.45) is 0 Å². The molecule has 0 saturated heterocycles. The van der Waals surface area contributed by atoms with Gasteiger partial charge in [-0.1, -0.05) is 7.43 Å². The molecule has 7 nitrogen and oxygen atoms in total. The second kappa shape index (κ2) is 4510. The van der Waals surface area contributed by atoms with E-state index in [-0.39, 0.29) is 82.9 Å². The molecule has 0 aromatic heterocycles. The maximum absolute atomic E-state index is 8.00. The van der Waals surface area contributed by atoms with Crippen molar-refractivity contribution in [2.75, 3.05) is 0 Å². The fourth-order valence-corrected chi connectivity index (χ4v) is 0. The van der Waals surface area contributed by atoms with Crippen LogP contribution < -0.4 is 0 Å². The Labute approximate surface area is 149 Å². The predicted molar refractivity (Wildman–Crippen MR) is 47.6 cm³/mol. The van der Waals surface area contributed by atoms with Crippen molar-refractivity contribution >= 4 is 33.9 Å². The number of carbonyl (C=O) groups excluding carboxylic acids is 5. The molecule has 0 radical (unpaired) electrons. The molecule has 0 aromatic carbocycles. The Balaban J connectivity index is -0.00000000396. The summed E-state index contributed by atoms with van der Waals surface area (Å²) in [5.74, 6) is 0. The van der Waals surface area contributed by atoms with Gasteiger partial charge < -0.3 is 24.0 Å². The van der Waals surface area contributed by atoms with Crippen molar-refractivity contribution in [3.8, 4) is 0 Å². The third-order valence-corrected chi connectivity index (χ3v) is 0. The van der Waals surface area contributed by atoms with Gasteiger partial charge in [0.1, 0.15) is 33.9 Å². The van der Waals surface area contributed by atoms with Crippen molar-refractivity contribution in [1.29, 1.82) is 0 Å². The molecule has 0 aliphatic carbocycles.